The Labute approximate surface area is 226 Å². The van der Waals surface area contributed by atoms with Crippen LogP contribution in [0.15, 0.2) is 40.6 Å². The van der Waals surface area contributed by atoms with Gasteiger partial charge in [-0.15, -0.1) is 0 Å². The third-order valence-electron chi connectivity index (χ3n) is 5.43. The van der Waals surface area contributed by atoms with E-state index in [1.54, 1.807) is 5.38 Å². The molecule has 0 saturated carbocycles. The van der Waals surface area contributed by atoms with E-state index in [4.69, 9.17) is 0 Å². The fourth-order valence-electron chi connectivity index (χ4n) is 3.48. The zero-order chi connectivity index (χ0) is 29.6. The fraction of sp³-hybridized carbons (Fsp3) is 0.250. The topological polar surface area (TPSA) is 157 Å². The standard InChI is InChI=1S/C24H20F4N4O7S/c1-2-16(32-6-3-4-14(24(32)38)29-22(36)13-5-7-40-31-13)23(37)30-15(9-18(34)35)17(33)10-39-21-19(27)11(25)8-12(26)20(21)28/h3-8,15-16H,2,9-10H2,1H3,(H,29,36)(H,30,37)(H,34,35). The van der Waals surface area contributed by atoms with Gasteiger partial charge in [0, 0.05) is 17.6 Å². The Morgan fingerprint density at radius 2 is 1.80 bits per heavy atom. The van der Waals surface area contributed by atoms with Crippen LogP contribution in [0.4, 0.5) is 23.2 Å². The molecule has 2 aromatic heterocycles. The molecule has 0 aliphatic rings. The summed E-state index contributed by atoms with van der Waals surface area (Å²) in [7, 11) is 0. The Hall–Kier alpha value is -4.60. The van der Waals surface area contributed by atoms with E-state index in [9.17, 15) is 46.6 Å². The lowest BCUT2D eigenvalue weighted by molar-refractivity contribution is -0.140. The lowest BCUT2D eigenvalue weighted by Gasteiger charge is -2.22. The van der Waals surface area contributed by atoms with Gasteiger partial charge in [-0.05, 0) is 36.2 Å². The van der Waals surface area contributed by atoms with Crippen molar-refractivity contribution in [1.29, 1.82) is 0 Å². The Balaban J connectivity index is 1.79. The number of aliphatic carboxylic acids is 1. The molecule has 3 N–H and O–H groups in total. The molecule has 1 aromatic carbocycles. The summed E-state index contributed by atoms with van der Waals surface area (Å²) in [6.45, 7) is 0.252. The maximum atomic E-state index is 13.8. The smallest absolute Gasteiger partial charge is 0.305 e. The molecule has 3 rings (SSSR count). The summed E-state index contributed by atoms with van der Waals surface area (Å²) < 4.78 is 63.9. The number of ether oxygens (including phenoxy) is 1. The number of ketones is 1. The molecule has 0 fully saturated rings. The molecule has 0 aliphatic heterocycles. The number of hydrogen-bond acceptors (Lipinski definition) is 8. The van der Waals surface area contributed by atoms with E-state index >= 15 is 0 Å². The van der Waals surface area contributed by atoms with Crippen LogP contribution in [0.1, 0.15) is 36.3 Å². The highest BCUT2D eigenvalue weighted by Gasteiger charge is 2.30. The van der Waals surface area contributed by atoms with E-state index in [-0.39, 0.29) is 23.9 Å². The van der Waals surface area contributed by atoms with E-state index in [0.717, 1.165) is 16.1 Å². The summed E-state index contributed by atoms with van der Waals surface area (Å²) >= 11 is 1.02. The van der Waals surface area contributed by atoms with Crippen molar-refractivity contribution in [2.45, 2.75) is 31.8 Å². The van der Waals surface area contributed by atoms with Crippen LogP contribution in [0.5, 0.6) is 5.75 Å². The number of amides is 2. The first-order chi connectivity index (χ1) is 18.9. The van der Waals surface area contributed by atoms with E-state index in [1.165, 1.54) is 31.3 Å². The Morgan fingerprint density at radius 3 is 2.38 bits per heavy atom. The van der Waals surface area contributed by atoms with Gasteiger partial charge in [0.2, 0.25) is 17.5 Å². The molecule has 11 nitrogen and oxygen atoms in total. The highest BCUT2D eigenvalue weighted by Crippen LogP contribution is 2.26. The first-order valence-electron chi connectivity index (χ1n) is 11.4. The molecule has 2 atom stereocenters. The zero-order valence-electron chi connectivity index (χ0n) is 20.5. The number of Topliss-reactive ketones (excluding diaryl/α,β-unsaturated/α-hetero) is 1. The summed E-state index contributed by atoms with van der Waals surface area (Å²) in [4.78, 5) is 62.3. The minimum absolute atomic E-state index is 0.0291. The molecule has 0 radical (unpaired) electrons. The summed E-state index contributed by atoms with van der Waals surface area (Å²) in [5, 5.41) is 15.3. The van der Waals surface area contributed by atoms with Gasteiger partial charge in [0.1, 0.15) is 30.1 Å². The maximum absolute atomic E-state index is 13.8. The highest BCUT2D eigenvalue weighted by atomic mass is 32.1. The number of hydrogen-bond donors (Lipinski definition) is 3. The SMILES string of the molecule is CCC(C(=O)NC(CC(=O)O)C(=O)COc1c(F)c(F)cc(F)c1F)n1cccc(NC(=O)c2ccsn2)c1=O. The third kappa shape index (κ3) is 6.88. The second-order valence-corrected chi connectivity index (χ2v) is 8.77. The Bertz CT molecular complexity index is 1470. The minimum atomic E-state index is -1.92. The molecule has 0 spiro atoms. The fourth-order valence-corrected chi connectivity index (χ4v) is 3.99. The van der Waals surface area contributed by atoms with Crippen molar-refractivity contribution in [2.24, 2.45) is 0 Å². The van der Waals surface area contributed by atoms with Crippen LogP contribution in [0.2, 0.25) is 0 Å². The number of benzene rings is 1. The number of carboxylic acid groups (broad SMARTS) is 1. The third-order valence-corrected chi connectivity index (χ3v) is 5.99. The summed E-state index contributed by atoms with van der Waals surface area (Å²) in [5.74, 6) is -13.4. The van der Waals surface area contributed by atoms with Crippen LogP contribution in [-0.2, 0) is 14.4 Å². The summed E-state index contributed by atoms with van der Waals surface area (Å²) in [6.07, 6.45) is 0.208. The molecular weight excluding hydrogens is 564 g/mol. The first-order valence-corrected chi connectivity index (χ1v) is 12.2. The molecule has 16 heteroatoms. The van der Waals surface area contributed by atoms with Gasteiger partial charge in [-0.3, -0.25) is 24.0 Å². The van der Waals surface area contributed by atoms with Crippen molar-refractivity contribution in [3.63, 3.8) is 0 Å². The van der Waals surface area contributed by atoms with Crippen molar-refractivity contribution in [2.75, 3.05) is 11.9 Å². The predicted octanol–water partition coefficient (Wildman–Crippen LogP) is 2.67. The van der Waals surface area contributed by atoms with E-state index < -0.39 is 83.3 Å². The number of rotatable bonds is 12. The number of pyridine rings is 1. The Kier molecular flexibility index (Phi) is 9.71. The average molecular weight is 585 g/mol. The largest absolute Gasteiger partial charge is 0.481 e. The number of carbonyl (C=O) groups excluding carboxylic acids is 3. The molecule has 212 valence electrons. The van der Waals surface area contributed by atoms with Gasteiger partial charge in [0.15, 0.2) is 23.2 Å². The van der Waals surface area contributed by atoms with Crippen LogP contribution in [0.3, 0.4) is 0 Å². The van der Waals surface area contributed by atoms with Crippen molar-refractivity contribution >= 4 is 40.8 Å². The molecule has 40 heavy (non-hydrogen) atoms. The lowest BCUT2D eigenvalue weighted by atomic mass is 10.1. The Morgan fingerprint density at radius 1 is 1.12 bits per heavy atom. The highest BCUT2D eigenvalue weighted by molar-refractivity contribution is 7.03. The molecule has 0 bridgehead atoms. The van der Waals surface area contributed by atoms with E-state index in [0.29, 0.717) is 0 Å². The molecule has 2 unspecified atom stereocenters. The second kappa shape index (κ2) is 13.0. The number of aromatic nitrogens is 2. The van der Waals surface area contributed by atoms with Crippen LogP contribution in [-0.4, -0.2) is 50.3 Å². The van der Waals surface area contributed by atoms with Gasteiger partial charge in [-0.25, -0.2) is 8.78 Å². The van der Waals surface area contributed by atoms with Crippen LogP contribution >= 0.6 is 11.5 Å². The summed E-state index contributed by atoms with van der Waals surface area (Å²) in [6, 6.07) is 0.908. The van der Waals surface area contributed by atoms with E-state index in [2.05, 4.69) is 19.7 Å². The van der Waals surface area contributed by atoms with Gasteiger partial charge in [-0.1, -0.05) is 6.92 Å². The van der Waals surface area contributed by atoms with Crippen LogP contribution < -0.4 is 20.9 Å². The molecule has 2 heterocycles. The number of nitrogens with zero attached hydrogens (tertiary/aromatic N) is 2. The van der Waals surface area contributed by atoms with Gasteiger partial charge in [0.05, 0.1) is 6.42 Å². The van der Waals surface area contributed by atoms with Crippen LogP contribution in [0.25, 0.3) is 0 Å². The number of halogens is 4. The van der Waals surface area contributed by atoms with Gasteiger partial charge >= 0.3 is 5.97 Å². The molecule has 3 aromatic rings. The van der Waals surface area contributed by atoms with Crippen molar-refractivity contribution < 1.29 is 46.6 Å². The second-order valence-electron chi connectivity index (χ2n) is 8.11. The van der Waals surface area contributed by atoms with E-state index in [1.807, 2.05) is 0 Å². The number of anilines is 1. The average Bonchev–Trinajstić information content (AvgIpc) is 3.44. The predicted molar refractivity (Wildman–Crippen MR) is 131 cm³/mol. The molecule has 0 saturated heterocycles. The first kappa shape index (κ1) is 29.9. The number of carboxylic acids is 1. The van der Waals surface area contributed by atoms with Crippen LogP contribution in [0, 0.1) is 23.3 Å². The van der Waals surface area contributed by atoms with Gasteiger partial charge < -0.3 is 25.0 Å². The number of carbonyl (C=O) groups is 4. The van der Waals surface area contributed by atoms with Crippen molar-refractivity contribution in [1.82, 2.24) is 14.3 Å². The molecule has 2 amide bonds. The number of nitrogens with one attached hydrogen (secondary N) is 2. The normalized spacial score (nSPS) is 12.3. The minimum Gasteiger partial charge on any atom is -0.481 e. The summed E-state index contributed by atoms with van der Waals surface area (Å²) in [5.41, 5.74) is -0.927. The zero-order valence-corrected chi connectivity index (χ0v) is 21.3. The van der Waals surface area contributed by atoms with Gasteiger partial charge in [-0.2, -0.15) is 13.2 Å². The maximum Gasteiger partial charge on any atom is 0.305 e. The molecule has 0 aliphatic carbocycles. The lowest BCUT2D eigenvalue weighted by Crippen LogP contribution is -2.48. The van der Waals surface area contributed by atoms with Crippen molar-refractivity contribution in [3.05, 3.63) is 75.2 Å². The van der Waals surface area contributed by atoms with Gasteiger partial charge in [0.25, 0.3) is 11.5 Å². The quantitative estimate of drug-likeness (QED) is 0.217. The van der Waals surface area contributed by atoms with Crippen molar-refractivity contribution in [3.8, 4) is 5.75 Å². The monoisotopic (exact) mass is 584 g/mol. The molecular formula is C24H20F4N4O7S.